The summed E-state index contributed by atoms with van der Waals surface area (Å²) in [4.78, 5) is 1.26. The Morgan fingerprint density at radius 2 is 1.61 bits per heavy atom. The number of rotatable bonds is 2. The van der Waals surface area contributed by atoms with E-state index >= 15 is 0 Å². The van der Waals surface area contributed by atoms with Crippen molar-refractivity contribution in [3.8, 4) is 0 Å². The second kappa shape index (κ2) is 4.69. The molecule has 0 atom stereocenters. The molecule has 0 radical (unpaired) electrons. The maximum Gasteiger partial charge on any atom is 0.261 e. The molecule has 0 bridgehead atoms. The summed E-state index contributed by atoms with van der Waals surface area (Å²) in [6.45, 7) is 21.2. The Bertz CT molecular complexity index is 458. The van der Waals surface area contributed by atoms with Crippen LogP contribution in [0, 0.1) is 13.8 Å². The van der Waals surface area contributed by atoms with Gasteiger partial charge >= 0.3 is 0 Å². The van der Waals surface area contributed by atoms with Crippen molar-refractivity contribution >= 4 is 17.1 Å². The lowest BCUT2D eigenvalue weighted by Crippen LogP contribution is -2.53. The van der Waals surface area contributed by atoms with E-state index in [4.69, 9.17) is 4.74 Å². The van der Waals surface area contributed by atoms with Crippen LogP contribution in [0.4, 0.5) is 0 Å². The van der Waals surface area contributed by atoms with Crippen molar-refractivity contribution in [3.05, 3.63) is 22.2 Å². The monoisotopic (exact) mass is 268 g/mol. The summed E-state index contributed by atoms with van der Waals surface area (Å²) < 4.78 is 8.27. The number of aryl methyl sites for hydroxylation is 2. The lowest BCUT2D eigenvalue weighted by atomic mass is 10.1. The highest BCUT2D eigenvalue weighted by Gasteiger charge is 2.35. The van der Waals surface area contributed by atoms with Crippen LogP contribution in [0.25, 0.3) is 5.76 Å². The average molecular weight is 268 g/mol. The molecule has 0 aliphatic carbocycles. The minimum absolute atomic E-state index is 0.0361. The molecule has 0 unspecified atom stereocenters. The van der Waals surface area contributed by atoms with E-state index < -0.39 is 0 Å². The zero-order chi connectivity index (χ0) is 14.3. The third-order valence-electron chi connectivity index (χ3n) is 2.54. The molecule has 0 aromatic carbocycles. The first-order chi connectivity index (χ1) is 7.93. The van der Waals surface area contributed by atoms with E-state index in [1.165, 1.54) is 9.88 Å². The summed E-state index contributed by atoms with van der Waals surface area (Å²) in [5.41, 5.74) is 0.948. The Morgan fingerprint density at radius 1 is 1.11 bits per heavy atom. The van der Waals surface area contributed by atoms with Gasteiger partial charge in [0.2, 0.25) is 5.01 Å². The smallest absolute Gasteiger partial charge is 0.261 e. The van der Waals surface area contributed by atoms with Gasteiger partial charge in [-0.15, -0.1) is 0 Å². The number of hydrogen-bond acceptors (Lipinski definition) is 2. The Kier molecular flexibility index (Phi) is 3.97. The maximum atomic E-state index is 5.95. The molecule has 2 nitrogen and oxygen atoms in total. The van der Waals surface area contributed by atoms with Crippen molar-refractivity contribution < 1.29 is 9.30 Å². The average Bonchev–Trinajstić information content (AvgIpc) is 2.36. The van der Waals surface area contributed by atoms with E-state index in [0.29, 0.717) is 0 Å². The van der Waals surface area contributed by atoms with E-state index in [-0.39, 0.29) is 11.1 Å². The fraction of sp³-hybridized carbons (Fsp3) is 0.667. The molecule has 0 saturated carbocycles. The minimum atomic E-state index is -0.213. The molecule has 0 saturated heterocycles. The van der Waals surface area contributed by atoms with Crippen molar-refractivity contribution in [2.75, 3.05) is 0 Å². The molecule has 18 heavy (non-hydrogen) atoms. The lowest BCUT2D eigenvalue weighted by molar-refractivity contribution is -0.757. The SMILES string of the molecule is C=C(OC(C)(C)C)c1c(C)sc(C)[n+]1C(C)(C)C. The highest BCUT2D eigenvalue weighted by atomic mass is 32.1. The standard InChI is InChI=1S/C15H26NOS/c1-10(17-15(7,8)9)13-11(2)18-12(3)16(13)14(4,5)6/h1H2,2-9H3/q+1. The van der Waals surface area contributed by atoms with Gasteiger partial charge in [0.15, 0.2) is 11.3 Å². The highest BCUT2D eigenvalue weighted by Crippen LogP contribution is 2.28. The predicted molar refractivity (Wildman–Crippen MR) is 78.9 cm³/mol. The van der Waals surface area contributed by atoms with Gasteiger partial charge in [0, 0.05) is 27.7 Å². The van der Waals surface area contributed by atoms with Gasteiger partial charge in [0.25, 0.3) is 5.69 Å². The van der Waals surface area contributed by atoms with Crippen LogP contribution >= 0.6 is 11.3 Å². The zero-order valence-corrected chi connectivity index (χ0v) is 13.8. The molecule has 0 fully saturated rings. The molecule has 1 aromatic rings. The number of hydrogen-bond donors (Lipinski definition) is 0. The van der Waals surface area contributed by atoms with Crippen LogP contribution in [-0.2, 0) is 10.3 Å². The van der Waals surface area contributed by atoms with E-state index in [2.05, 4.69) is 45.8 Å². The second-order valence-electron chi connectivity index (χ2n) is 6.67. The summed E-state index contributed by atoms with van der Waals surface area (Å²) in [6.07, 6.45) is 0. The maximum absolute atomic E-state index is 5.95. The number of nitrogens with zero attached hydrogens (tertiary/aromatic N) is 1. The van der Waals surface area contributed by atoms with E-state index in [1.807, 2.05) is 20.8 Å². The Labute approximate surface area is 115 Å². The number of thiazole rings is 1. The molecule has 0 spiro atoms. The lowest BCUT2D eigenvalue weighted by Gasteiger charge is -2.23. The third-order valence-corrected chi connectivity index (χ3v) is 3.51. The van der Waals surface area contributed by atoms with Gasteiger partial charge in [-0.2, -0.15) is 4.57 Å². The molecule has 0 aliphatic heterocycles. The fourth-order valence-corrected chi connectivity index (χ4v) is 3.38. The van der Waals surface area contributed by atoms with Crippen LogP contribution < -0.4 is 4.57 Å². The van der Waals surface area contributed by atoms with Crippen LogP contribution in [0.1, 0.15) is 57.1 Å². The van der Waals surface area contributed by atoms with Gasteiger partial charge in [-0.1, -0.05) is 11.3 Å². The molecule has 0 aliphatic rings. The molecular weight excluding hydrogens is 242 g/mol. The Hall–Kier alpha value is -0.830. The normalized spacial score (nSPS) is 12.7. The fourth-order valence-electron chi connectivity index (χ4n) is 2.18. The third kappa shape index (κ3) is 3.35. The highest BCUT2D eigenvalue weighted by molar-refractivity contribution is 7.11. The molecule has 1 heterocycles. The first kappa shape index (κ1) is 15.2. The van der Waals surface area contributed by atoms with E-state index in [0.717, 1.165) is 11.5 Å². The van der Waals surface area contributed by atoms with Gasteiger partial charge in [-0.3, -0.25) is 0 Å². The molecule has 0 N–H and O–H groups in total. The van der Waals surface area contributed by atoms with Crippen LogP contribution in [0.15, 0.2) is 6.58 Å². The first-order valence-corrected chi connectivity index (χ1v) is 7.16. The van der Waals surface area contributed by atoms with Gasteiger partial charge in [0.1, 0.15) is 5.60 Å². The summed E-state index contributed by atoms with van der Waals surface area (Å²) >= 11 is 1.80. The van der Waals surface area contributed by atoms with Gasteiger partial charge in [-0.25, -0.2) is 0 Å². The Morgan fingerprint density at radius 3 is 2.00 bits per heavy atom. The van der Waals surface area contributed by atoms with E-state index in [9.17, 15) is 0 Å². The second-order valence-corrected chi connectivity index (χ2v) is 8.08. The van der Waals surface area contributed by atoms with E-state index in [1.54, 1.807) is 11.3 Å². The zero-order valence-electron chi connectivity index (χ0n) is 13.0. The molecular formula is C15H26NOS+. The quantitative estimate of drug-likeness (QED) is 0.579. The van der Waals surface area contributed by atoms with Crippen molar-refractivity contribution in [1.29, 1.82) is 0 Å². The van der Waals surface area contributed by atoms with Gasteiger partial charge in [0.05, 0.1) is 4.88 Å². The van der Waals surface area contributed by atoms with Crippen LogP contribution in [0.5, 0.6) is 0 Å². The van der Waals surface area contributed by atoms with Crippen molar-refractivity contribution in [2.24, 2.45) is 0 Å². The number of ether oxygens (including phenoxy) is 1. The van der Waals surface area contributed by atoms with Crippen molar-refractivity contribution in [3.63, 3.8) is 0 Å². The number of aromatic nitrogens is 1. The summed E-state index contributed by atoms with van der Waals surface area (Å²) in [7, 11) is 0. The van der Waals surface area contributed by atoms with Crippen molar-refractivity contribution in [1.82, 2.24) is 0 Å². The van der Waals surface area contributed by atoms with Crippen LogP contribution in [-0.4, -0.2) is 5.60 Å². The summed E-state index contributed by atoms with van der Waals surface area (Å²) in [6, 6.07) is 0. The molecule has 1 aromatic heterocycles. The Balaban J connectivity index is 3.29. The first-order valence-electron chi connectivity index (χ1n) is 6.34. The molecule has 3 heteroatoms. The van der Waals surface area contributed by atoms with Crippen molar-refractivity contribution in [2.45, 2.75) is 66.5 Å². The molecule has 0 amide bonds. The summed E-state index contributed by atoms with van der Waals surface area (Å²) in [5.74, 6) is 0.763. The largest absolute Gasteiger partial charge is 0.482 e. The molecule has 102 valence electrons. The van der Waals surface area contributed by atoms with Crippen LogP contribution in [0.3, 0.4) is 0 Å². The summed E-state index contributed by atoms with van der Waals surface area (Å²) in [5, 5.41) is 1.29. The minimum Gasteiger partial charge on any atom is -0.482 e. The molecule has 1 rings (SSSR count). The van der Waals surface area contributed by atoms with Gasteiger partial charge in [-0.05, 0) is 34.3 Å². The van der Waals surface area contributed by atoms with Gasteiger partial charge < -0.3 is 4.74 Å². The predicted octanol–water partition coefficient (Wildman–Crippen LogP) is 4.19. The van der Waals surface area contributed by atoms with Crippen LogP contribution in [0.2, 0.25) is 0 Å². The topological polar surface area (TPSA) is 13.1 Å².